The first-order chi connectivity index (χ1) is 13.0. The van der Waals surface area contributed by atoms with E-state index in [0.717, 1.165) is 44.9 Å². The highest BCUT2D eigenvalue weighted by Gasteiger charge is 2.26. The molecule has 148 valence electrons. The van der Waals surface area contributed by atoms with Crippen LogP contribution in [0.1, 0.15) is 79.5 Å². The van der Waals surface area contributed by atoms with Crippen molar-refractivity contribution in [3.63, 3.8) is 0 Å². The Morgan fingerprint density at radius 1 is 1.04 bits per heavy atom. The van der Waals surface area contributed by atoms with Gasteiger partial charge in [-0.1, -0.05) is 26.7 Å². The third-order valence-corrected chi connectivity index (χ3v) is 5.46. The number of aromatic nitrogens is 1. The Kier molecular flexibility index (Phi) is 6.34. The van der Waals surface area contributed by atoms with Crippen molar-refractivity contribution in [1.82, 2.24) is 14.8 Å². The lowest BCUT2D eigenvalue weighted by Gasteiger charge is -2.27. The Hall–Kier alpha value is -2.11. The van der Waals surface area contributed by atoms with Gasteiger partial charge >= 0.3 is 0 Å². The van der Waals surface area contributed by atoms with Crippen molar-refractivity contribution in [2.45, 2.75) is 71.4 Å². The number of piperidine rings is 1. The van der Waals surface area contributed by atoms with Gasteiger partial charge in [0.15, 0.2) is 0 Å². The average Bonchev–Trinajstić information content (AvgIpc) is 3.15. The van der Waals surface area contributed by atoms with E-state index in [1.807, 2.05) is 4.57 Å². The van der Waals surface area contributed by atoms with Gasteiger partial charge in [-0.2, -0.15) is 0 Å². The molecule has 1 saturated carbocycles. The molecule has 0 aromatic carbocycles. The van der Waals surface area contributed by atoms with Gasteiger partial charge in [-0.25, -0.2) is 0 Å². The standard InChI is InChI=1S/C21H31N3O3/c1-15(2)12-23-13-17(20(26)22-16-8-4-5-9-16)19(25)18(14-23)21(27)24-10-6-3-7-11-24/h13-16H,3-12H2,1-2H3,(H,22,26). The van der Waals surface area contributed by atoms with Crippen molar-refractivity contribution in [2.75, 3.05) is 13.1 Å². The molecule has 0 bridgehead atoms. The van der Waals surface area contributed by atoms with Crippen molar-refractivity contribution >= 4 is 11.8 Å². The Morgan fingerprint density at radius 3 is 2.30 bits per heavy atom. The zero-order chi connectivity index (χ0) is 19.4. The normalized spacial score (nSPS) is 18.1. The summed E-state index contributed by atoms with van der Waals surface area (Å²) in [7, 11) is 0. The summed E-state index contributed by atoms with van der Waals surface area (Å²) in [5.74, 6) is -0.249. The van der Waals surface area contributed by atoms with Crippen molar-refractivity contribution < 1.29 is 9.59 Å². The highest BCUT2D eigenvalue weighted by atomic mass is 16.2. The van der Waals surface area contributed by atoms with E-state index in [1.165, 1.54) is 0 Å². The molecule has 0 spiro atoms. The lowest BCUT2D eigenvalue weighted by atomic mass is 10.1. The second kappa shape index (κ2) is 8.72. The van der Waals surface area contributed by atoms with E-state index in [2.05, 4.69) is 19.2 Å². The summed E-state index contributed by atoms with van der Waals surface area (Å²) in [5.41, 5.74) is -0.233. The summed E-state index contributed by atoms with van der Waals surface area (Å²) in [6.07, 6.45) is 10.4. The van der Waals surface area contributed by atoms with Crippen LogP contribution in [0.2, 0.25) is 0 Å². The van der Waals surface area contributed by atoms with Crippen LogP contribution in [-0.4, -0.2) is 40.4 Å². The zero-order valence-electron chi connectivity index (χ0n) is 16.5. The quantitative estimate of drug-likeness (QED) is 0.863. The molecule has 0 unspecified atom stereocenters. The van der Waals surface area contributed by atoms with Crippen molar-refractivity contribution in [3.8, 4) is 0 Å². The van der Waals surface area contributed by atoms with E-state index in [1.54, 1.807) is 17.3 Å². The van der Waals surface area contributed by atoms with Crippen LogP contribution in [0.5, 0.6) is 0 Å². The summed E-state index contributed by atoms with van der Waals surface area (Å²) < 4.78 is 1.83. The van der Waals surface area contributed by atoms with Gasteiger partial charge in [0.1, 0.15) is 11.1 Å². The fraction of sp³-hybridized carbons (Fsp3) is 0.667. The second-order valence-electron chi connectivity index (χ2n) is 8.31. The number of rotatable bonds is 5. The monoisotopic (exact) mass is 373 g/mol. The van der Waals surface area contributed by atoms with Crippen LogP contribution in [0.25, 0.3) is 0 Å². The maximum Gasteiger partial charge on any atom is 0.259 e. The van der Waals surface area contributed by atoms with E-state index in [-0.39, 0.29) is 29.0 Å². The number of carbonyl (C=O) groups is 2. The van der Waals surface area contributed by atoms with Crippen molar-refractivity contribution in [3.05, 3.63) is 33.7 Å². The summed E-state index contributed by atoms with van der Waals surface area (Å²) in [6.45, 7) is 6.16. The Balaban J connectivity index is 1.92. The third kappa shape index (κ3) is 4.79. The van der Waals surface area contributed by atoms with Gasteiger partial charge in [-0.3, -0.25) is 14.4 Å². The number of hydrogen-bond acceptors (Lipinski definition) is 3. The number of pyridine rings is 1. The summed E-state index contributed by atoms with van der Waals surface area (Å²) in [5, 5.41) is 2.99. The molecule has 6 nitrogen and oxygen atoms in total. The van der Waals surface area contributed by atoms with Gasteiger partial charge < -0.3 is 14.8 Å². The van der Waals surface area contributed by atoms with Crippen LogP contribution in [0, 0.1) is 5.92 Å². The summed E-state index contributed by atoms with van der Waals surface area (Å²) in [4.78, 5) is 40.5. The second-order valence-corrected chi connectivity index (χ2v) is 8.31. The van der Waals surface area contributed by atoms with Crippen molar-refractivity contribution in [2.24, 2.45) is 5.92 Å². The van der Waals surface area contributed by atoms with Gasteiger partial charge in [0, 0.05) is 38.1 Å². The lowest BCUT2D eigenvalue weighted by Crippen LogP contribution is -2.41. The predicted molar refractivity (Wildman–Crippen MR) is 105 cm³/mol. The van der Waals surface area contributed by atoms with E-state index in [9.17, 15) is 14.4 Å². The Morgan fingerprint density at radius 2 is 1.67 bits per heavy atom. The molecule has 0 radical (unpaired) electrons. The number of nitrogens with zero attached hydrogens (tertiary/aromatic N) is 2. The number of hydrogen-bond donors (Lipinski definition) is 1. The zero-order valence-corrected chi connectivity index (χ0v) is 16.5. The average molecular weight is 373 g/mol. The van der Waals surface area contributed by atoms with Gasteiger partial charge in [0.05, 0.1) is 0 Å². The molecule has 3 rings (SSSR count). The molecule has 1 aliphatic carbocycles. The molecule has 2 fully saturated rings. The SMILES string of the molecule is CC(C)Cn1cc(C(=O)NC2CCCC2)c(=O)c(C(=O)N2CCCCC2)c1. The van der Waals surface area contributed by atoms with E-state index in [0.29, 0.717) is 25.6 Å². The fourth-order valence-corrected chi connectivity index (χ4v) is 4.07. The minimum absolute atomic E-state index is 0.0883. The maximum absolute atomic E-state index is 13.0. The third-order valence-electron chi connectivity index (χ3n) is 5.46. The topological polar surface area (TPSA) is 71.4 Å². The number of likely N-dealkylation sites (tertiary alicyclic amines) is 1. The van der Waals surface area contributed by atoms with E-state index in [4.69, 9.17) is 0 Å². The number of nitrogens with one attached hydrogen (secondary N) is 1. The van der Waals surface area contributed by atoms with Crippen LogP contribution >= 0.6 is 0 Å². The molecule has 27 heavy (non-hydrogen) atoms. The van der Waals surface area contributed by atoms with Gasteiger partial charge in [0.25, 0.3) is 11.8 Å². The molecular weight excluding hydrogens is 342 g/mol. The van der Waals surface area contributed by atoms with Crippen LogP contribution in [0.15, 0.2) is 17.2 Å². The van der Waals surface area contributed by atoms with Gasteiger partial charge in [-0.05, 0) is 38.0 Å². The molecule has 1 aliphatic heterocycles. The molecule has 2 heterocycles. The first-order valence-corrected chi connectivity index (χ1v) is 10.3. The smallest absolute Gasteiger partial charge is 0.259 e. The fourth-order valence-electron chi connectivity index (χ4n) is 4.07. The number of amides is 2. The minimum Gasteiger partial charge on any atom is -0.352 e. The molecule has 1 aromatic heterocycles. The Labute approximate surface area is 160 Å². The molecule has 0 atom stereocenters. The molecule has 2 amide bonds. The first kappa shape index (κ1) is 19.6. The number of carbonyl (C=O) groups excluding carboxylic acids is 2. The lowest BCUT2D eigenvalue weighted by molar-refractivity contribution is 0.0722. The van der Waals surface area contributed by atoms with Crippen LogP contribution in [0.4, 0.5) is 0 Å². The summed E-state index contributed by atoms with van der Waals surface area (Å²) in [6, 6.07) is 0.136. The first-order valence-electron chi connectivity index (χ1n) is 10.3. The van der Waals surface area contributed by atoms with E-state index < -0.39 is 5.43 Å². The van der Waals surface area contributed by atoms with Crippen LogP contribution < -0.4 is 10.7 Å². The predicted octanol–water partition coefficient (Wildman–Crippen LogP) is 2.80. The molecule has 6 heteroatoms. The minimum atomic E-state index is -0.443. The van der Waals surface area contributed by atoms with Gasteiger partial charge in [-0.15, -0.1) is 0 Å². The molecule has 1 N–H and O–H groups in total. The van der Waals surface area contributed by atoms with Crippen molar-refractivity contribution in [1.29, 1.82) is 0 Å². The van der Waals surface area contributed by atoms with Crippen LogP contribution in [-0.2, 0) is 6.54 Å². The molecular formula is C21H31N3O3. The maximum atomic E-state index is 13.0. The van der Waals surface area contributed by atoms with Crippen LogP contribution in [0.3, 0.4) is 0 Å². The van der Waals surface area contributed by atoms with Gasteiger partial charge in [0.2, 0.25) is 5.43 Å². The highest BCUT2D eigenvalue weighted by Crippen LogP contribution is 2.18. The Bertz CT molecular complexity index is 742. The summed E-state index contributed by atoms with van der Waals surface area (Å²) >= 11 is 0. The molecule has 2 aliphatic rings. The highest BCUT2D eigenvalue weighted by molar-refractivity contribution is 5.99. The van der Waals surface area contributed by atoms with E-state index >= 15 is 0 Å². The molecule has 1 aromatic rings. The largest absolute Gasteiger partial charge is 0.352 e. The molecule has 1 saturated heterocycles.